The van der Waals surface area contributed by atoms with Crippen molar-refractivity contribution in [2.45, 2.75) is 25.1 Å². The first kappa shape index (κ1) is 19.4. The fraction of sp³-hybridized carbons (Fsp3) is 0.478. The van der Waals surface area contributed by atoms with Crippen LogP contribution in [-0.4, -0.2) is 48.5 Å². The lowest BCUT2D eigenvalue weighted by atomic mass is 9.76. The molecule has 0 amide bonds. The summed E-state index contributed by atoms with van der Waals surface area (Å²) >= 11 is 0. The Bertz CT molecular complexity index is 813. The van der Waals surface area contributed by atoms with Crippen molar-refractivity contribution in [3.8, 4) is 5.75 Å². The van der Waals surface area contributed by atoms with Gasteiger partial charge in [-0.3, -0.25) is 5.32 Å². The van der Waals surface area contributed by atoms with E-state index < -0.39 is 5.54 Å². The lowest BCUT2D eigenvalue weighted by Crippen LogP contribution is -2.47. The molecule has 0 bridgehead atoms. The Balaban J connectivity index is 1.74. The van der Waals surface area contributed by atoms with Crippen molar-refractivity contribution in [2.75, 3.05) is 33.4 Å². The van der Waals surface area contributed by atoms with E-state index in [-0.39, 0.29) is 19.3 Å². The van der Waals surface area contributed by atoms with Crippen molar-refractivity contribution in [3.05, 3.63) is 65.2 Å². The molecule has 2 fully saturated rings. The van der Waals surface area contributed by atoms with Crippen LogP contribution < -0.4 is 10.1 Å². The second-order valence-electron chi connectivity index (χ2n) is 8.07. The molecule has 0 radical (unpaired) electrons. The van der Waals surface area contributed by atoms with Crippen LogP contribution in [0.1, 0.15) is 29.7 Å². The fourth-order valence-corrected chi connectivity index (χ4v) is 5.21. The lowest BCUT2D eigenvalue weighted by molar-refractivity contribution is 0.129. The van der Waals surface area contributed by atoms with Crippen molar-refractivity contribution in [2.24, 2.45) is 11.8 Å². The quantitative estimate of drug-likeness (QED) is 0.715. The Morgan fingerprint density at radius 3 is 2.61 bits per heavy atom. The molecule has 2 aliphatic heterocycles. The third kappa shape index (κ3) is 3.12. The summed E-state index contributed by atoms with van der Waals surface area (Å²) in [7, 11) is 2.15. The second kappa shape index (κ2) is 7.84. The maximum absolute atomic E-state index is 10.5. The molecule has 5 nitrogen and oxygen atoms in total. The maximum Gasteiger partial charge on any atom is 0.124 e. The number of aliphatic hydroxyl groups excluding tert-OH is 2. The van der Waals surface area contributed by atoms with E-state index in [2.05, 4.69) is 41.5 Å². The number of benzene rings is 2. The van der Waals surface area contributed by atoms with E-state index in [0.29, 0.717) is 18.4 Å². The van der Waals surface area contributed by atoms with Crippen LogP contribution in [0, 0.1) is 11.8 Å². The number of nitrogens with one attached hydrogen (secondary N) is 1. The Hall–Kier alpha value is -1.92. The molecule has 0 aliphatic carbocycles. The van der Waals surface area contributed by atoms with Gasteiger partial charge in [0.05, 0.1) is 25.4 Å². The molecule has 0 saturated carbocycles. The fourth-order valence-electron chi connectivity index (χ4n) is 5.21. The van der Waals surface area contributed by atoms with Crippen LogP contribution in [0.5, 0.6) is 5.75 Å². The van der Waals surface area contributed by atoms with Gasteiger partial charge in [-0.2, -0.15) is 0 Å². The largest absolute Gasteiger partial charge is 0.494 e. The highest BCUT2D eigenvalue weighted by Crippen LogP contribution is 2.51. The maximum atomic E-state index is 10.5. The molecule has 4 rings (SSSR count). The first-order chi connectivity index (χ1) is 13.6. The van der Waals surface area contributed by atoms with Crippen LogP contribution in [0.15, 0.2) is 48.5 Å². The first-order valence-electron chi connectivity index (χ1n) is 10.1. The number of ether oxygens (including phenoxy) is 1. The Morgan fingerprint density at radius 1 is 1.14 bits per heavy atom. The third-order valence-electron chi connectivity index (χ3n) is 6.47. The zero-order valence-corrected chi connectivity index (χ0v) is 16.6. The minimum absolute atomic E-state index is 0.0479. The van der Waals surface area contributed by atoms with Gasteiger partial charge in [0.2, 0.25) is 0 Å². The molecule has 5 heteroatoms. The number of rotatable bonds is 6. The van der Waals surface area contributed by atoms with Crippen molar-refractivity contribution in [1.82, 2.24) is 10.2 Å². The van der Waals surface area contributed by atoms with Gasteiger partial charge in [0.15, 0.2) is 0 Å². The van der Waals surface area contributed by atoms with Gasteiger partial charge in [-0.25, -0.2) is 0 Å². The molecule has 4 atom stereocenters. The second-order valence-corrected chi connectivity index (χ2v) is 8.07. The molecule has 2 aromatic rings. The highest BCUT2D eigenvalue weighted by Gasteiger charge is 2.56. The average molecular weight is 383 g/mol. The van der Waals surface area contributed by atoms with Crippen LogP contribution >= 0.6 is 0 Å². The predicted octanol–water partition coefficient (Wildman–Crippen LogP) is 2.29. The summed E-state index contributed by atoms with van der Waals surface area (Å²) in [5, 5.41) is 24.2. The van der Waals surface area contributed by atoms with Crippen molar-refractivity contribution < 1.29 is 14.9 Å². The molecular weight excluding hydrogens is 352 g/mol. The number of likely N-dealkylation sites (tertiary alicyclic amines) is 1. The Morgan fingerprint density at radius 2 is 1.93 bits per heavy atom. The van der Waals surface area contributed by atoms with Gasteiger partial charge in [-0.15, -0.1) is 0 Å². The SMILES string of the molecule is CCOc1ccc([C@H]2N[C@](CO)(c3ccccc3)[C@H]3CN(C)C[C@@H]23)cc1CO. The average Bonchev–Trinajstić information content (AvgIpc) is 3.25. The predicted molar refractivity (Wildman–Crippen MR) is 109 cm³/mol. The summed E-state index contributed by atoms with van der Waals surface area (Å²) in [6.45, 7) is 4.47. The summed E-state index contributed by atoms with van der Waals surface area (Å²) < 4.78 is 5.65. The minimum atomic E-state index is -0.459. The summed E-state index contributed by atoms with van der Waals surface area (Å²) in [4.78, 5) is 2.36. The van der Waals surface area contributed by atoms with E-state index in [1.54, 1.807) is 0 Å². The zero-order chi connectivity index (χ0) is 19.7. The summed E-state index contributed by atoms with van der Waals surface area (Å²) in [5.41, 5.74) is 2.63. The topological polar surface area (TPSA) is 65.0 Å². The number of hydrogen-bond acceptors (Lipinski definition) is 5. The lowest BCUT2D eigenvalue weighted by Gasteiger charge is -2.35. The monoisotopic (exact) mass is 382 g/mol. The van der Waals surface area contributed by atoms with Crippen LogP contribution in [0.2, 0.25) is 0 Å². The van der Waals surface area contributed by atoms with Crippen LogP contribution in [0.3, 0.4) is 0 Å². The standard InChI is InChI=1S/C23H30N2O3/c1-3-28-21-10-9-16(11-17(21)14-26)22-19-12-25(2)13-20(19)23(15-27,24-22)18-7-5-4-6-8-18/h4-11,19-20,22,24,26-27H,3,12-15H2,1-2H3/t19-,20+,22-,23-/m1/s1. The smallest absolute Gasteiger partial charge is 0.124 e. The molecule has 2 heterocycles. The molecule has 2 saturated heterocycles. The van der Waals surface area contributed by atoms with Crippen molar-refractivity contribution in [3.63, 3.8) is 0 Å². The van der Waals surface area contributed by atoms with Crippen molar-refractivity contribution >= 4 is 0 Å². The highest BCUT2D eigenvalue weighted by atomic mass is 16.5. The van der Waals surface area contributed by atoms with Gasteiger partial charge in [0, 0.05) is 30.6 Å². The molecule has 0 unspecified atom stereocenters. The summed E-state index contributed by atoms with van der Waals surface area (Å²) in [6, 6.07) is 16.5. The Kier molecular flexibility index (Phi) is 5.43. The normalized spacial score (nSPS) is 29.8. The van der Waals surface area contributed by atoms with Gasteiger partial charge < -0.3 is 19.8 Å². The zero-order valence-electron chi connectivity index (χ0n) is 16.6. The van der Waals surface area contributed by atoms with E-state index in [4.69, 9.17) is 4.74 Å². The van der Waals surface area contributed by atoms with Crippen LogP contribution in [0.25, 0.3) is 0 Å². The molecule has 0 aromatic heterocycles. The number of hydrogen-bond donors (Lipinski definition) is 3. The van der Waals surface area contributed by atoms with Gasteiger partial charge in [0.25, 0.3) is 0 Å². The third-order valence-corrected chi connectivity index (χ3v) is 6.47. The van der Waals surface area contributed by atoms with E-state index >= 15 is 0 Å². The number of aliphatic hydroxyl groups is 2. The summed E-state index contributed by atoms with van der Waals surface area (Å²) in [5.74, 6) is 1.45. The highest BCUT2D eigenvalue weighted by molar-refractivity contribution is 5.41. The first-order valence-corrected chi connectivity index (χ1v) is 10.1. The Labute approximate surface area is 167 Å². The van der Waals surface area contributed by atoms with Gasteiger partial charge in [-0.1, -0.05) is 36.4 Å². The van der Waals surface area contributed by atoms with Crippen LogP contribution in [0.4, 0.5) is 0 Å². The van der Waals surface area contributed by atoms with Gasteiger partial charge in [-0.05, 0) is 43.1 Å². The molecule has 2 aromatic carbocycles. The minimum Gasteiger partial charge on any atom is -0.494 e. The van der Waals surface area contributed by atoms with E-state index in [1.807, 2.05) is 31.2 Å². The molecule has 150 valence electrons. The molecule has 0 spiro atoms. The van der Waals surface area contributed by atoms with Crippen LogP contribution in [-0.2, 0) is 12.1 Å². The number of fused-ring (bicyclic) bond motifs is 1. The molecule has 3 N–H and O–H groups in total. The molecular formula is C23H30N2O3. The van der Waals surface area contributed by atoms with E-state index in [1.165, 1.54) is 0 Å². The van der Waals surface area contributed by atoms with Gasteiger partial charge >= 0.3 is 0 Å². The molecule has 2 aliphatic rings. The number of nitrogens with zero attached hydrogens (tertiary/aromatic N) is 1. The summed E-state index contributed by atoms with van der Waals surface area (Å²) in [6.07, 6.45) is 0. The van der Waals surface area contributed by atoms with Crippen molar-refractivity contribution in [1.29, 1.82) is 0 Å². The van der Waals surface area contributed by atoms with E-state index in [9.17, 15) is 10.2 Å². The van der Waals surface area contributed by atoms with E-state index in [0.717, 1.165) is 35.5 Å². The molecule has 28 heavy (non-hydrogen) atoms. The van der Waals surface area contributed by atoms with Gasteiger partial charge in [0.1, 0.15) is 5.75 Å².